The Kier molecular flexibility index (Phi) is 6.01. The summed E-state index contributed by atoms with van der Waals surface area (Å²) in [5.41, 5.74) is 3.37. The quantitative estimate of drug-likeness (QED) is 0.772. The van der Waals surface area contributed by atoms with E-state index < -0.39 is 18.0 Å². The highest BCUT2D eigenvalue weighted by Crippen LogP contribution is 2.28. The Morgan fingerprint density at radius 2 is 1.81 bits per heavy atom. The summed E-state index contributed by atoms with van der Waals surface area (Å²) in [6, 6.07) is 10.5. The molecule has 0 aromatic heterocycles. The van der Waals surface area contributed by atoms with Crippen LogP contribution in [0.15, 0.2) is 36.4 Å². The number of rotatable bonds is 5. The molecule has 6 heteroatoms. The number of ether oxygens (including phenoxy) is 2. The van der Waals surface area contributed by atoms with Crippen molar-refractivity contribution in [2.45, 2.75) is 38.7 Å². The second-order valence-electron chi connectivity index (χ2n) is 6.57. The van der Waals surface area contributed by atoms with Gasteiger partial charge in [0.25, 0.3) is 5.91 Å². The highest BCUT2D eigenvalue weighted by atomic mass is 35.5. The van der Waals surface area contributed by atoms with Crippen molar-refractivity contribution in [1.82, 2.24) is 0 Å². The molecule has 1 amide bonds. The Balaban J connectivity index is 1.66. The van der Waals surface area contributed by atoms with E-state index in [0.717, 1.165) is 19.3 Å². The minimum Gasteiger partial charge on any atom is -0.495 e. The van der Waals surface area contributed by atoms with E-state index in [0.29, 0.717) is 22.0 Å². The smallest absolute Gasteiger partial charge is 0.338 e. The van der Waals surface area contributed by atoms with Crippen molar-refractivity contribution in [3.05, 3.63) is 58.1 Å². The van der Waals surface area contributed by atoms with Crippen LogP contribution in [0.4, 0.5) is 5.69 Å². The zero-order chi connectivity index (χ0) is 19.4. The SMILES string of the molecule is COc1ccc(Cl)cc1NC(=O)[C@H](C)OC(=O)c1ccc2c(c1)CCCC2. The molecule has 1 aliphatic rings. The van der Waals surface area contributed by atoms with Crippen LogP contribution in [0.3, 0.4) is 0 Å². The molecule has 0 saturated heterocycles. The number of benzene rings is 2. The van der Waals surface area contributed by atoms with Gasteiger partial charge in [0, 0.05) is 5.02 Å². The normalized spacial score (nSPS) is 14.0. The second-order valence-corrected chi connectivity index (χ2v) is 7.01. The third-order valence-electron chi connectivity index (χ3n) is 4.66. The van der Waals surface area contributed by atoms with Gasteiger partial charge in [0.1, 0.15) is 5.75 Å². The summed E-state index contributed by atoms with van der Waals surface area (Å²) < 4.78 is 10.5. The third-order valence-corrected chi connectivity index (χ3v) is 4.89. The highest BCUT2D eigenvalue weighted by molar-refractivity contribution is 6.31. The summed E-state index contributed by atoms with van der Waals surface area (Å²) in [7, 11) is 1.50. The lowest BCUT2D eigenvalue weighted by atomic mass is 9.90. The first-order chi connectivity index (χ1) is 13.0. The Hall–Kier alpha value is -2.53. The van der Waals surface area contributed by atoms with Gasteiger partial charge in [-0.15, -0.1) is 0 Å². The summed E-state index contributed by atoms with van der Waals surface area (Å²) in [6.45, 7) is 1.53. The first-order valence-corrected chi connectivity index (χ1v) is 9.33. The van der Waals surface area contributed by atoms with Gasteiger partial charge in [-0.2, -0.15) is 0 Å². The van der Waals surface area contributed by atoms with Gasteiger partial charge in [0.05, 0.1) is 18.4 Å². The zero-order valence-corrected chi connectivity index (χ0v) is 16.1. The van der Waals surface area contributed by atoms with Crippen LogP contribution in [0.25, 0.3) is 0 Å². The molecular weight excluding hydrogens is 366 g/mol. The van der Waals surface area contributed by atoms with E-state index in [2.05, 4.69) is 5.32 Å². The molecule has 0 radical (unpaired) electrons. The molecule has 1 aliphatic carbocycles. The van der Waals surface area contributed by atoms with E-state index in [1.54, 1.807) is 24.3 Å². The van der Waals surface area contributed by atoms with Crippen LogP contribution in [-0.4, -0.2) is 25.1 Å². The molecule has 0 unspecified atom stereocenters. The van der Waals surface area contributed by atoms with Crippen LogP contribution in [0.5, 0.6) is 5.75 Å². The fourth-order valence-corrected chi connectivity index (χ4v) is 3.33. The summed E-state index contributed by atoms with van der Waals surface area (Å²) in [5.74, 6) is -0.494. The average Bonchev–Trinajstić information content (AvgIpc) is 2.67. The fraction of sp³-hybridized carbons (Fsp3) is 0.333. The molecule has 142 valence electrons. The Morgan fingerprint density at radius 1 is 1.07 bits per heavy atom. The van der Waals surface area contributed by atoms with E-state index in [9.17, 15) is 9.59 Å². The van der Waals surface area contributed by atoms with Crippen molar-refractivity contribution in [3.8, 4) is 5.75 Å². The van der Waals surface area contributed by atoms with Crippen molar-refractivity contribution in [3.63, 3.8) is 0 Å². The van der Waals surface area contributed by atoms with Crippen LogP contribution in [-0.2, 0) is 22.4 Å². The van der Waals surface area contributed by atoms with Gasteiger partial charge < -0.3 is 14.8 Å². The predicted octanol–water partition coefficient (Wildman–Crippen LogP) is 4.41. The number of fused-ring (bicyclic) bond motifs is 1. The maximum atomic E-state index is 12.4. The maximum absolute atomic E-state index is 12.4. The number of aryl methyl sites for hydroxylation is 2. The number of nitrogens with one attached hydrogen (secondary N) is 1. The Labute approximate surface area is 163 Å². The number of carbonyl (C=O) groups excluding carboxylic acids is 2. The van der Waals surface area contributed by atoms with Crippen LogP contribution >= 0.6 is 11.6 Å². The predicted molar refractivity (Wildman–Crippen MR) is 105 cm³/mol. The lowest BCUT2D eigenvalue weighted by Gasteiger charge is -2.18. The molecule has 1 atom stereocenters. The molecule has 27 heavy (non-hydrogen) atoms. The molecule has 0 spiro atoms. The third kappa shape index (κ3) is 4.61. The standard InChI is InChI=1S/C21H22ClNO4/c1-13(20(24)23-18-12-17(22)9-10-19(18)26-2)27-21(25)16-8-7-14-5-3-4-6-15(14)11-16/h7-13H,3-6H2,1-2H3,(H,23,24)/t13-/m0/s1. The molecular formula is C21H22ClNO4. The van der Waals surface area contributed by atoms with Gasteiger partial charge in [-0.05, 0) is 74.1 Å². The van der Waals surface area contributed by atoms with E-state index in [-0.39, 0.29) is 0 Å². The average molecular weight is 388 g/mol. The Bertz CT molecular complexity index is 865. The molecule has 0 heterocycles. The molecule has 0 aliphatic heterocycles. The van der Waals surface area contributed by atoms with Gasteiger partial charge in [0.2, 0.25) is 0 Å². The van der Waals surface area contributed by atoms with E-state index in [1.807, 2.05) is 12.1 Å². The topological polar surface area (TPSA) is 64.6 Å². The van der Waals surface area contributed by atoms with E-state index >= 15 is 0 Å². The van der Waals surface area contributed by atoms with Crippen LogP contribution in [0, 0.1) is 0 Å². The number of methoxy groups -OCH3 is 1. The van der Waals surface area contributed by atoms with E-state index in [1.165, 1.54) is 31.6 Å². The minimum atomic E-state index is -0.961. The number of halogens is 1. The maximum Gasteiger partial charge on any atom is 0.338 e. The van der Waals surface area contributed by atoms with Gasteiger partial charge in [-0.1, -0.05) is 17.7 Å². The van der Waals surface area contributed by atoms with Gasteiger partial charge in [0.15, 0.2) is 6.10 Å². The van der Waals surface area contributed by atoms with Gasteiger partial charge in [-0.3, -0.25) is 4.79 Å². The molecule has 0 saturated carbocycles. The summed E-state index contributed by atoms with van der Waals surface area (Å²) >= 11 is 5.97. The monoisotopic (exact) mass is 387 g/mol. The van der Waals surface area contributed by atoms with Gasteiger partial charge in [-0.25, -0.2) is 4.79 Å². The number of esters is 1. The summed E-state index contributed by atoms with van der Waals surface area (Å²) in [6.07, 6.45) is 3.37. The summed E-state index contributed by atoms with van der Waals surface area (Å²) in [4.78, 5) is 24.8. The minimum absolute atomic E-state index is 0.423. The highest BCUT2D eigenvalue weighted by Gasteiger charge is 2.21. The molecule has 5 nitrogen and oxygen atoms in total. The van der Waals surface area contributed by atoms with Crippen LogP contribution < -0.4 is 10.1 Å². The zero-order valence-electron chi connectivity index (χ0n) is 15.4. The van der Waals surface area contributed by atoms with Crippen molar-refractivity contribution in [2.75, 3.05) is 12.4 Å². The molecule has 1 N–H and O–H groups in total. The Morgan fingerprint density at radius 3 is 2.56 bits per heavy atom. The molecule has 2 aromatic rings. The summed E-state index contributed by atoms with van der Waals surface area (Å²) in [5, 5.41) is 3.15. The van der Waals surface area contributed by atoms with Crippen molar-refractivity contribution >= 4 is 29.2 Å². The fourth-order valence-electron chi connectivity index (χ4n) is 3.15. The van der Waals surface area contributed by atoms with Crippen LogP contribution in [0.1, 0.15) is 41.3 Å². The number of carbonyl (C=O) groups is 2. The number of anilines is 1. The van der Waals surface area contributed by atoms with E-state index in [4.69, 9.17) is 21.1 Å². The molecule has 0 bridgehead atoms. The van der Waals surface area contributed by atoms with Crippen LogP contribution in [0.2, 0.25) is 5.02 Å². The van der Waals surface area contributed by atoms with Crippen molar-refractivity contribution in [2.24, 2.45) is 0 Å². The number of hydrogen-bond acceptors (Lipinski definition) is 4. The first kappa shape index (κ1) is 19.2. The first-order valence-electron chi connectivity index (χ1n) is 8.95. The lowest BCUT2D eigenvalue weighted by molar-refractivity contribution is -0.123. The number of hydrogen-bond donors (Lipinski definition) is 1. The number of amides is 1. The largest absolute Gasteiger partial charge is 0.495 e. The molecule has 0 fully saturated rings. The van der Waals surface area contributed by atoms with Crippen molar-refractivity contribution < 1.29 is 19.1 Å². The van der Waals surface area contributed by atoms with Crippen molar-refractivity contribution in [1.29, 1.82) is 0 Å². The molecule has 2 aromatic carbocycles. The lowest BCUT2D eigenvalue weighted by Crippen LogP contribution is -2.30. The molecule has 3 rings (SSSR count). The second kappa shape index (κ2) is 8.44. The van der Waals surface area contributed by atoms with Gasteiger partial charge >= 0.3 is 5.97 Å².